The number of Topliss-reactive ketones (excluding diaryl/α,β-unsaturated/α-hetero) is 1. The number of hydrogen-bond acceptors (Lipinski definition) is 7. The van der Waals surface area contributed by atoms with Gasteiger partial charge in [0, 0.05) is 54.2 Å². The van der Waals surface area contributed by atoms with Crippen LogP contribution in [-0.2, 0) is 22.6 Å². The van der Waals surface area contributed by atoms with E-state index in [1.54, 1.807) is 0 Å². The lowest BCUT2D eigenvalue weighted by Crippen LogP contribution is -2.34. The SMILES string of the molecule is CC(=O)O.NCCCn1cc(C2=Cc3c(ccc4c3=NCCN=4)CC2=O)c2cc3c(cc21)OCO3. The Morgan fingerprint density at radius 1 is 1.17 bits per heavy atom. The van der Waals surface area contributed by atoms with Crippen LogP contribution in [0.4, 0.5) is 0 Å². The van der Waals surface area contributed by atoms with Gasteiger partial charge in [-0.1, -0.05) is 6.07 Å². The first-order chi connectivity index (χ1) is 17.0. The summed E-state index contributed by atoms with van der Waals surface area (Å²) in [7, 11) is 0. The number of fused-ring (bicyclic) bond motifs is 5. The van der Waals surface area contributed by atoms with Crippen molar-refractivity contribution in [1.29, 1.82) is 0 Å². The zero-order valence-electron chi connectivity index (χ0n) is 19.4. The summed E-state index contributed by atoms with van der Waals surface area (Å²) in [4.78, 5) is 31.5. The van der Waals surface area contributed by atoms with Crippen LogP contribution in [0.5, 0.6) is 11.5 Å². The molecule has 0 radical (unpaired) electrons. The van der Waals surface area contributed by atoms with Gasteiger partial charge in [-0.25, -0.2) is 0 Å². The fraction of sp³-hybridized carbons (Fsp3) is 0.308. The highest BCUT2D eigenvalue weighted by molar-refractivity contribution is 6.30. The average molecular weight is 475 g/mol. The first kappa shape index (κ1) is 22.8. The van der Waals surface area contributed by atoms with Crippen LogP contribution in [0.1, 0.15) is 30.0 Å². The standard InChI is InChI=1S/C24H22N4O3.C2H4O2/c25-4-1-7-28-12-18(16-10-22-23(11-20(16)28)31-13-30-22)17-9-15-14(8-21(17)29)2-3-19-24(15)27-6-5-26-19;1-2(3)4/h2-3,9-12H,1,4-8,13,25H2;1H3,(H,3,4). The predicted molar refractivity (Wildman–Crippen MR) is 130 cm³/mol. The van der Waals surface area contributed by atoms with Gasteiger partial charge < -0.3 is 24.9 Å². The minimum absolute atomic E-state index is 0.107. The molecule has 3 aliphatic rings. The molecule has 3 aromatic rings. The first-order valence-corrected chi connectivity index (χ1v) is 11.5. The third kappa shape index (κ3) is 4.30. The summed E-state index contributed by atoms with van der Waals surface area (Å²) >= 11 is 0. The number of benzene rings is 2. The minimum Gasteiger partial charge on any atom is -0.481 e. The Morgan fingerprint density at radius 3 is 2.69 bits per heavy atom. The number of aromatic nitrogens is 1. The highest BCUT2D eigenvalue weighted by Crippen LogP contribution is 2.40. The Morgan fingerprint density at radius 2 is 1.91 bits per heavy atom. The third-order valence-electron chi connectivity index (χ3n) is 6.15. The van der Waals surface area contributed by atoms with Gasteiger partial charge >= 0.3 is 0 Å². The van der Waals surface area contributed by atoms with E-state index in [-0.39, 0.29) is 12.6 Å². The van der Waals surface area contributed by atoms with E-state index in [1.165, 1.54) is 0 Å². The van der Waals surface area contributed by atoms with Crippen molar-refractivity contribution in [2.75, 3.05) is 26.4 Å². The summed E-state index contributed by atoms with van der Waals surface area (Å²) in [6.45, 7) is 4.07. The van der Waals surface area contributed by atoms with Crippen LogP contribution in [0.25, 0.3) is 22.6 Å². The summed E-state index contributed by atoms with van der Waals surface area (Å²) in [5.74, 6) is 0.714. The average Bonchev–Trinajstić information content (AvgIpc) is 3.44. The first-order valence-electron chi connectivity index (χ1n) is 11.5. The van der Waals surface area contributed by atoms with E-state index < -0.39 is 5.97 Å². The number of carboxylic acids is 1. The van der Waals surface area contributed by atoms with Crippen molar-refractivity contribution < 1.29 is 24.2 Å². The molecule has 6 rings (SSSR count). The molecule has 0 spiro atoms. The molecule has 2 aromatic carbocycles. The van der Waals surface area contributed by atoms with Crippen LogP contribution in [0.15, 0.2) is 40.4 Å². The second-order valence-corrected chi connectivity index (χ2v) is 8.55. The Bertz CT molecular complexity index is 1500. The van der Waals surface area contributed by atoms with Gasteiger partial charge in [-0.3, -0.25) is 19.6 Å². The highest BCUT2D eigenvalue weighted by atomic mass is 16.7. The van der Waals surface area contributed by atoms with Gasteiger partial charge in [0.25, 0.3) is 5.97 Å². The van der Waals surface area contributed by atoms with Crippen molar-refractivity contribution >= 4 is 34.3 Å². The van der Waals surface area contributed by atoms with Gasteiger partial charge in [-0.05, 0) is 36.7 Å². The van der Waals surface area contributed by atoms with Crippen LogP contribution in [0, 0.1) is 0 Å². The molecule has 9 nitrogen and oxygen atoms in total. The van der Waals surface area contributed by atoms with Crippen LogP contribution in [0.2, 0.25) is 0 Å². The molecular formula is C26H26N4O5. The molecular weight excluding hydrogens is 448 g/mol. The molecule has 3 N–H and O–H groups in total. The Balaban J connectivity index is 0.000000591. The summed E-state index contributed by atoms with van der Waals surface area (Å²) in [6, 6.07) is 7.96. The number of rotatable bonds is 4. The van der Waals surface area contributed by atoms with Gasteiger partial charge in [0.05, 0.1) is 29.3 Å². The van der Waals surface area contributed by atoms with Gasteiger partial charge in [0.15, 0.2) is 17.3 Å². The molecule has 0 bridgehead atoms. The molecule has 1 aromatic heterocycles. The number of allylic oxidation sites excluding steroid dienone is 1. The summed E-state index contributed by atoms with van der Waals surface area (Å²) in [6.07, 6.45) is 5.27. The van der Waals surface area contributed by atoms with E-state index in [1.807, 2.05) is 30.3 Å². The largest absolute Gasteiger partial charge is 0.481 e. The smallest absolute Gasteiger partial charge is 0.300 e. The molecule has 0 amide bonds. The molecule has 9 heteroatoms. The molecule has 0 unspecified atom stereocenters. The summed E-state index contributed by atoms with van der Waals surface area (Å²) in [5.41, 5.74) is 10.4. The van der Waals surface area contributed by atoms with Gasteiger partial charge in [-0.15, -0.1) is 0 Å². The zero-order chi connectivity index (χ0) is 24.5. The number of aliphatic carboxylic acids is 1. The topological polar surface area (TPSA) is 128 Å². The predicted octanol–water partition coefficient (Wildman–Crippen LogP) is 1.73. The molecule has 0 fully saturated rings. The highest BCUT2D eigenvalue weighted by Gasteiger charge is 2.26. The molecule has 0 saturated carbocycles. The van der Waals surface area contributed by atoms with Crippen molar-refractivity contribution in [2.45, 2.75) is 26.3 Å². The molecule has 180 valence electrons. The number of nitrogens with zero attached hydrogens (tertiary/aromatic N) is 3. The van der Waals surface area contributed by atoms with Gasteiger partial charge in [-0.2, -0.15) is 0 Å². The Hall–Kier alpha value is -3.98. The number of ether oxygens (including phenoxy) is 2. The van der Waals surface area contributed by atoms with Gasteiger partial charge in [0.2, 0.25) is 6.79 Å². The molecule has 3 heterocycles. The second kappa shape index (κ2) is 9.34. The summed E-state index contributed by atoms with van der Waals surface area (Å²) < 4.78 is 13.4. The maximum Gasteiger partial charge on any atom is 0.300 e. The van der Waals surface area contributed by atoms with E-state index in [0.29, 0.717) is 37.4 Å². The quantitative estimate of drug-likeness (QED) is 0.593. The number of carbonyl (C=O) groups is 2. The fourth-order valence-electron chi connectivity index (χ4n) is 4.64. The van der Waals surface area contributed by atoms with E-state index in [2.05, 4.69) is 15.8 Å². The normalized spacial score (nSPS) is 15.3. The maximum atomic E-state index is 13.2. The zero-order valence-corrected chi connectivity index (χ0v) is 19.4. The van der Waals surface area contributed by atoms with Crippen LogP contribution in [-0.4, -0.2) is 47.9 Å². The second-order valence-electron chi connectivity index (χ2n) is 8.55. The Kier molecular flexibility index (Phi) is 6.08. The monoisotopic (exact) mass is 474 g/mol. The van der Waals surface area contributed by atoms with Crippen molar-refractivity contribution in [3.8, 4) is 11.5 Å². The maximum absolute atomic E-state index is 13.2. The Labute approximate surface area is 201 Å². The van der Waals surface area contributed by atoms with Crippen LogP contribution < -0.4 is 25.9 Å². The summed E-state index contributed by atoms with van der Waals surface area (Å²) in [5, 5.41) is 10.2. The van der Waals surface area contributed by atoms with Crippen molar-refractivity contribution in [1.82, 2.24) is 4.57 Å². The van der Waals surface area contributed by atoms with Gasteiger partial charge in [0.1, 0.15) is 0 Å². The minimum atomic E-state index is -0.833. The van der Waals surface area contributed by atoms with Crippen molar-refractivity contribution in [2.24, 2.45) is 15.7 Å². The van der Waals surface area contributed by atoms with E-state index >= 15 is 0 Å². The van der Waals surface area contributed by atoms with E-state index in [0.717, 1.165) is 63.9 Å². The fourth-order valence-corrected chi connectivity index (χ4v) is 4.64. The number of aryl methyl sites for hydroxylation is 1. The number of carboxylic acid groups (broad SMARTS) is 1. The van der Waals surface area contributed by atoms with E-state index in [4.69, 9.17) is 30.1 Å². The van der Waals surface area contributed by atoms with Crippen LogP contribution in [0.3, 0.4) is 0 Å². The number of carbonyl (C=O) groups excluding carboxylic acids is 1. The van der Waals surface area contributed by atoms with Crippen molar-refractivity contribution in [3.05, 3.63) is 57.9 Å². The van der Waals surface area contributed by atoms with Crippen LogP contribution >= 0.6 is 0 Å². The lowest BCUT2D eigenvalue weighted by Gasteiger charge is -2.16. The lowest BCUT2D eigenvalue weighted by atomic mass is 9.87. The molecule has 1 aliphatic carbocycles. The van der Waals surface area contributed by atoms with Crippen molar-refractivity contribution in [3.63, 3.8) is 0 Å². The third-order valence-corrected chi connectivity index (χ3v) is 6.15. The lowest BCUT2D eigenvalue weighted by molar-refractivity contribution is -0.134. The number of hydrogen-bond donors (Lipinski definition) is 2. The molecule has 0 saturated heterocycles. The molecule has 35 heavy (non-hydrogen) atoms. The molecule has 0 atom stereocenters. The number of nitrogens with two attached hydrogens (primary N) is 1. The molecule has 2 aliphatic heterocycles. The number of ketones is 1. The van der Waals surface area contributed by atoms with E-state index in [9.17, 15) is 4.79 Å².